The van der Waals surface area contributed by atoms with Crippen LogP contribution in [-0.2, 0) is 6.54 Å². The largest absolute Gasteiger partial charge is 0.381 e. The number of hydrogen-bond acceptors (Lipinski definition) is 1. The Morgan fingerprint density at radius 1 is 0.944 bits per heavy atom. The second kappa shape index (κ2) is 5.17. The average Bonchev–Trinajstić information content (AvgIpc) is 2.34. The van der Waals surface area contributed by atoms with Crippen molar-refractivity contribution in [3.63, 3.8) is 0 Å². The molecule has 0 unspecified atom stereocenters. The summed E-state index contributed by atoms with van der Waals surface area (Å²) in [6, 6.07) is 10.1. The third-order valence-electron chi connectivity index (χ3n) is 2.86. The van der Waals surface area contributed by atoms with Gasteiger partial charge in [-0.1, -0.05) is 18.2 Å². The van der Waals surface area contributed by atoms with E-state index in [-0.39, 0.29) is 0 Å². The van der Waals surface area contributed by atoms with Crippen LogP contribution in [-0.4, -0.2) is 0 Å². The standard InChI is InChI=1S/C15H15F2N/c1-10-3-4-11(2)15(7-10)18-9-12-5-6-13(16)14(17)8-12/h3-8,18H,9H2,1-2H3. The van der Waals surface area contributed by atoms with Gasteiger partial charge in [-0.05, 0) is 48.7 Å². The minimum Gasteiger partial charge on any atom is -0.381 e. The van der Waals surface area contributed by atoms with E-state index in [2.05, 4.69) is 5.32 Å². The summed E-state index contributed by atoms with van der Waals surface area (Å²) >= 11 is 0. The number of anilines is 1. The van der Waals surface area contributed by atoms with E-state index in [0.717, 1.165) is 28.4 Å². The highest BCUT2D eigenvalue weighted by atomic mass is 19.2. The lowest BCUT2D eigenvalue weighted by Crippen LogP contribution is -2.02. The van der Waals surface area contributed by atoms with Gasteiger partial charge < -0.3 is 5.32 Å². The maximum absolute atomic E-state index is 13.0. The second-order valence-electron chi connectivity index (χ2n) is 4.42. The molecule has 0 fully saturated rings. The van der Waals surface area contributed by atoms with Crippen LogP contribution >= 0.6 is 0 Å². The van der Waals surface area contributed by atoms with Crippen LogP contribution in [0.5, 0.6) is 0 Å². The summed E-state index contributed by atoms with van der Waals surface area (Å²) in [6.45, 7) is 4.50. The van der Waals surface area contributed by atoms with Crippen LogP contribution < -0.4 is 5.32 Å². The highest BCUT2D eigenvalue weighted by Crippen LogP contribution is 2.18. The molecule has 1 nitrogen and oxygen atoms in total. The number of nitrogens with one attached hydrogen (secondary N) is 1. The van der Waals surface area contributed by atoms with E-state index in [9.17, 15) is 8.78 Å². The van der Waals surface area contributed by atoms with Crippen molar-refractivity contribution in [3.8, 4) is 0 Å². The van der Waals surface area contributed by atoms with Crippen molar-refractivity contribution in [3.05, 3.63) is 64.7 Å². The molecule has 2 aromatic carbocycles. The molecule has 2 aromatic rings. The minimum atomic E-state index is -0.814. The monoisotopic (exact) mass is 247 g/mol. The third-order valence-corrected chi connectivity index (χ3v) is 2.86. The Morgan fingerprint density at radius 2 is 1.72 bits per heavy atom. The maximum Gasteiger partial charge on any atom is 0.159 e. The van der Waals surface area contributed by atoms with Crippen molar-refractivity contribution in [2.75, 3.05) is 5.32 Å². The summed E-state index contributed by atoms with van der Waals surface area (Å²) in [4.78, 5) is 0. The van der Waals surface area contributed by atoms with Gasteiger partial charge in [-0.15, -0.1) is 0 Å². The highest BCUT2D eigenvalue weighted by molar-refractivity contribution is 5.52. The Balaban J connectivity index is 2.11. The van der Waals surface area contributed by atoms with Crippen molar-refractivity contribution in [2.45, 2.75) is 20.4 Å². The SMILES string of the molecule is Cc1ccc(C)c(NCc2ccc(F)c(F)c2)c1. The Labute approximate surface area is 105 Å². The summed E-state index contributed by atoms with van der Waals surface area (Å²) in [7, 11) is 0. The van der Waals surface area contributed by atoms with Crippen LogP contribution in [0.25, 0.3) is 0 Å². The fourth-order valence-corrected chi connectivity index (χ4v) is 1.77. The molecule has 0 saturated heterocycles. The summed E-state index contributed by atoms with van der Waals surface area (Å²) in [5.41, 5.74) is 4.02. The van der Waals surface area contributed by atoms with E-state index in [1.807, 2.05) is 32.0 Å². The van der Waals surface area contributed by atoms with Gasteiger partial charge in [-0.3, -0.25) is 0 Å². The summed E-state index contributed by atoms with van der Waals surface area (Å²) in [6.07, 6.45) is 0. The molecule has 1 N–H and O–H groups in total. The van der Waals surface area contributed by atoms with E-state index in [1.54, 1.807) is 6.07 Å². The Morgan fingerprint density at radius 3 is 2.44 bits per heavy atom. The Kier molecular flexibility index (Phi) is 3.60. The van der Waals surface area contributed by atoms with Crippen LogP contribution in [0.2, 0.25) is 0 Å². The number of aryl methyl sites for hydroxylation is 2. The zero-order chi connectivity index (χ0) is 13.1. The van der Waals surface area contributed by atoms with Crippen LogP contribution in [0.15, 0.2) is 36.4 Å². The van der Waals surface area contributed by atoms with Gasteiger partial charge in [0.15, 0.2) is 11.6 Å². The fraction of sp³-hybridized carbons (Fsp3) is 0.200. The molecular weight excluding hydrogens is 232 g/mol. The van der Waals surface area contributed by atoms with Gasteiger partial charge in [-0.25, -0.2) is 8.78 Å². The minimum absolute atomic E-state index is 0.474. The molecule has 0 atom stereocenters. The van der Waals surface area contributed by atoms with Gasteiger partial charge in [0.25, 0.3) is 0 Å². The number of benzene rings is 2. The average molecular weight is 247 g/mol. The van der Waals surface area contributed by atoms with Crippen molar-refractivity contribution >= 4 is 5.69 Å². The first-order valence-corrected chi connectivity index (χ1v) is 5.81. The molecule has 0 bridgehead atoms. The van der Waals surface area contributed by atoms with Gasteiger partial charge in [0, 0.05) is 12.2 Å². The summed E-state index contributed by atoms with van der Waals surface area (Å²) in [5, 5.41) is 3.23. The fourth-order valence-electron chi connectivity index (χ4n) is 1.77. The number of rotatable bonds is 3. The van der Waals surface area contributed by atoms with E-state index in [0.29, 0.717) is 6.54 Å². The van der Waals surface area contributed by atoms with Crippen LogP contribution in [0.3, 0.4) is 0 Å². The van der Waals surface area contributed by atoms with Crippen LogP contribution in [0.4, 0.5) is 14.5 Å². The summed E-state index contributed by atoms with van der Waals surface area (Å²) in [5.74, 6) is -1.62. The van der Waals surface area contributed by atoms with Gasteiger partial charge >= 0.3 is 0 Å². The zero-order valence-corrected chi connectivity index (χ0v) is 10.4. The molecule has 0 heterocycles. The van der Waals surface area contributed by atoms with Crippen LogP contribution in [0, 0.1) is 25.5 Å². The predicted molar refractivity (Wildman–Crippen MR) is 69.6 cm³/mol. The first-order chi connectivity index (χ1) is 8.56. The second-order valence-corrected chi connectivity index (χ2v) is 4.42. The number of hydrogen-bond donors (Lipinski definition) is 1. The normalized spacial score (nSPS) is 10.4. The highest BCUT2D eigenvalue weighted by Gasteiger charge is 2.03. The molecule has 0 spiro atoms. The molecule has 2 rings (SSSR count). The van der Waals surface area contributed by atoms with Gasteiger partial charge in [0.1, 0.15) is 0 Å². The van der Waals surface area contributed by atoms with E-state index >= 15 is 0 Å². The molecule has 18 heavy (non-hydrogen) atoms. The van der Waals surface area contributed by atoms with Gasteiger partial charge in [0.05, 0.1) is 0 Å². The van der Waals surface area contributed by atoms with Crippen LogP contribution in [0.1, 0.15) is 16.7 Å². The maximum atomic E-state index is 13.0. The third kappa shape index (κ3) is 2.86. The lowest BCUT2D eigenvalue weighted by atomic mass is 10.1. The predicted octanol–water partition coefficient (Wildman–Crippen LogP) is 4.19. The first-order valence-electron chi connectivity index (χ1n) is 5.81. The smallest absolute Gasteiger partial charge is 0.159 e. The van der Waals surface area contributed by atoms with Gasteiger partial charge in [-0.2, -0.15) is 0 Å². The Hall–Kier alpha value is -1.90. The molecule has 94 valence electrons. The Bertz CT molecular complexity index is 564. The van der Waals surface area contributed by atoms with Gasteiger partial charge in [0.2, 0.25) is 0 Å². The lowest BCUT2D eigenvalue weighted by Gasteiger charge is -2.10. The molecule has 0 amide bonds. The molecule has 0 aliphatic rings. The van der Waals surface area contributed by atoms with E-state index in [1.165, 1.54) is 6.07 Å². The molecule has 0 aliphatic carbocycles. The molecule has 0 radical (unpaired) electrons. The molecular formula is C15H15F2N. The quantitative estimate of drug-likeness (QED) is 0.857. The molecule has 3 heteroatoms. The molecule has 0 aliphatic heterocycles. The lowest BCUT2D eigenvalue weighted by molar-refractivity contribution is 0.507. The molecule has 0 saturated carbocycles. The van der Waals surface area contributed by atoms with E-state index in [4.69, 9.17) is 0 Å². The first kappa shape index (κ1) is 12.6. The van der Waals surface area contributed by atoms with Crippen molar-refractivity contribution in [1.29, 1.82) is 0 Å². The van der Waals surface area contributed by atoms with Crippen molar-refractivity contribution < 1.29 is 8.78 Å². The topological polar surface area (TPSA) is 12.0 Å². The molecule has 0 aromatic heterocycles. The number of halogens is 2. The van der Waals surface area contributed by atoms with Crippen molar-refractivity contribution in [2.24, 2.45) is 0 Å². The van der Waals surface area contributed by atoms with E-state index < -0.39 is 11.6 Å². The van der Waals surface area contributed by atoms with Crippen molar-refractivity contribution in [1.82, 2.24) is 0 Å². The summed E-state index contributed by atoms with van der Waals surface area (Å²) < 4.78 is 25.8. The zero-order valence-electron chi connectivity index (χ0n) is 10.4.